The second-order valence-corrected chi connectivity index (χ2v) is 5.54. The van der Waals surface area contributed by atoms with Crippen molar-refractivity contribution in [3.05, 3.63) is 58.1 Å². The van der Waals surface area contributed by atoms with Crippen molar-refractivity contribution in [3.63, 3.8) is 0 Å². The number of aryl methyl sites for hydroxylation is 2. The van der Waals surface area contributed by atoms with Gasteiger partial charge in [-0.15, -0.1) is 0 Å². The highest BCUT2D eigenvalue weighted by Crippen LogP contribution is 2.32. The molecule has 0 amide bonds. The van der Waals surface area contributed by atoms with E-state index in [1.54, 1.807) is 0 Å². The van der Waals surface area contributed by atoms with E-state index in [1.807, 2.05) is 31.3 Å². The second kappa shape index (κ2) is 5.86. The van der Waals surface area contributed by atoms with Crippen molar-refractivity contribution in [2.24, 2.45) is 0 Å². The minimum atomic E-state index is 0.694. The topological polar surface area (TPSA) is 21.3 Å². The molecule has 0 aliphatic heterocycles. The van der Waals surface area contributed by atoms with Gasteiger partial charge in [-0.2, -0.15) is 0 Å². The van der Waals surface area contributed by atoms with Crippen LogP contribution in [0.1, 0.15) is 23.1 Å². The van der Waals surface area contributed by atoms with Crippen molar-refractivity contribution in [1.82, 2.24) is 5.32 Å². The third-order valence-electron chi connectivity index (χ3n) is 3.73. The predicted molar refractivity (Wildman–Crippen MR) is 82.8 cm³/mol. The number of nitrogens with one attached hydrogen (secondary N) is 1. The molecule has 1 N–H and O–H groups in total. The summed E-state index contributed by atoms with van der Waals surface area (Å²) >= 11 is 6.25. The highest BCUT2D eigenvalue weighted by Gasteiger charge is 2.13. The van der Waals surface area contributed by atoms with Crippen LogP contribution in [0.2, 0.25) is 5.02 Å². The van der Waals surface area contributed by atoms with Gasteiger partial charge in [-0.25, -0.2) is 0 Å². The minimum Gasteiger partial charge on any atom is -0.457 e. The predicted octanol–water partition coefficient (Wildman–Crippen LogP) is 4.34. The fourth-order valence-electron chi connectivity index (χ4n) is 2.72. The van der Waals surface area contributed by atoms with E-state index in [0.29, 0.717) is 6.54 Å². The molecule has 0 saturated carbocycles. The van der Waals surface area contributed by atoms with E-state index in [1.165, 1.54) is 24.0 Å². The van der Waals surface area contributed by atoms with Gasteiger partial charge in [-0.05, 0) is 61.7 Å². The van der Waals surface area contributed by atoms with Gasteiger partial charge in [-0.3, -0.25) is 0 Å². The smallest absolute Gasteiger partial charge is 0.133 e. The summed E-state index contributed by atoms with van der Waals surface area (Å²) < 4.78 is 6.04. The number of ether oxygens (including phenoxy) is 1. The van der Waals surface area contributed by atoms with Crippen LogP contribution in [-0.4, -0.2) is 7.05 Å². The van der Waals surface area contributed by atoms with Crippen molar-refractivity contribution in [2.45, 2.75) is 25.8 Å². The molecule has 0 bridgehead atoms. The van der Waals surface area contributed by atoms with Crippen molar-refractivity contribution in [3.8, 4) is 11.5 Å². The van der Waals surface area contributed by atoms with E-state index < -0.39 is 0 Å². The number of fused-ring (bicyclic) bond motifs is 1. The van der Waals surface area contributed by atoms with Crippen LogP contribution >= 0.6 is 11.6 Å². The first-order valence-electron chi connectivity index (χ1n) is 6.99. The molecular formula is C17H18ClNO. The lowest BCUT2D eigenvalue weighted by atomic mass is 10.1. The zero-order valence-electron chi connectivity index (χ0n) is 11.6. The van der Waals surface area contributed by atoms with Gasteiger partial charge in [0.1, 0.15) is 11.5 Å². The van der Waals surface area contributed by atoms with Crippen LogP contribution in [0.15, 0.2) is 36.4 Å². The molecule has 0 heterocycles. The first-order valence-corrected chi connectivity index (χ1v) is 7.37. The Kier molecular flexibility index (Phi) is 3.95. The fourth-order valence-corrected chi connectivity index (χ4v) is 2.95. The summed E-state index contributed by atoms with van der Waals surface area (Å²) in [5, 5.41) is 3.86. The summed E-state index contributed by atoms with van der Waals surface area (Å²) in [4.78, 5) is 0. The lowest BCUT2D eigenvalue weighted by Gasteiger charge is -2.13. The minimum absolute atomic E-state index is 0.694. The van der Waals surface area contributed by atoms with Crippen LogP contribution in [0.25, 0.3) is 0 Å². The fraction of sp³-hybridized carbons (Fsp3) is 0.294. The maximum Gasteiger partial charge on any atom is 0.133 e. The number of hydrogen-bond donors (Lipinski definition) is 1. The molecule has 2 nitrogen and oxygen atoms in total. The molecular weight excluding hydrogens is 270 g/mol. The molecule has 1 aliphatic rings. The van der Waals surface area contributed by atoms with Gasteiger partial charge in [0, 0.05) is 17.1 Å². The molecule has 3 heteroatoms. The van der Waals surface area contributed by atoms with Crippen LogP contribution in [0, 0.1) is 0 Å². The van der Waals surface area contributed by atoms with Crippen molar-refractivity contribution < 1.29 is 4.74 Å². The van der Waals surface area contributed by atoms with E-state index in [2.05, 4.69) is 17.4 Å². The van der Waals surface area contributed by atoms with Gasteiger partial charge in [0.15, 0.2) is 0 Å². The maximum atomic E-state index is 6.25. The normalized spacial score (nSPS) is 13.3. The highest BCUT2D eigenvalue weighted by molar-refractivity contribution is 6.31. The van der Waals surface area contributed by atoms with Crippen LogP contribution in [-0.2, 0) is 19.4 Å². The lowest BCUT2D eigenvalue weighted by Crippen LogP contribution is -2.07. The van der Waals surface area contributed by atoms with Crippen molar-refractivity contribution in [1.29, 1.82) is 0 Å². The molecule has 2 aromatic rings. The third kappa shape index (κ3) is 2.67. The molecule has 3 rings (SSSR count). The van der Waals surface area contributed by atoms with Crippen LogP contribution in [0.3, 0.4) is 0 Å². The van der Waals surface area contributed by atoms with E-state index in [0.717, 1.165) is 28.5 Å². The molecule has 1 aliphatic carbocycles. The summed E-state index contributed by atoms with van der Waals surface area (Å²) in [6.07, 6.45) is 3.60. The Labute approximate surface area is 124 Å². The van der Waals surface area contributed by atoms with Crippen LogP contribution < -0.4 is 10.1 Å². The van der Waals surface area contributed by atoms with Crippen molar-refractivity contribution >= 4 is 11.6 Å². The number of hydrogen-bond acceptors (Lipinski definition) is 2. The van der Waals surface area contributed by atoms with E-state index in [4.69, 9.17) is 16.3 Å². The molecule has 0 saturated heterocycles. The van der Waals surface area contributed by atoms with Gasteiger partial charge < -0.3 is 10.1 Å². The van der Waals surface area contributed by atoms with E-state index >= 15 is 0 Å². The maximum absolute atomic E-state index is 6.25. The average molecular weight is 288 g/mol. The standard InChI is InChI=1S/C17H18ClNO/c1-19-11-15-16(18)6-3-7-17(15)20-14-9-8-12-4-2-5-13(12)10-14/h3,6-10,19H,2,4-5,11H2,1H3. The third-order valence-corrected chi connectivity index (χ3v) is 4.08. The van der Waals surface area contributed by atoms with E-state index in [9.17, 15) is 0 Å². The second-order valence-electron chi connectivity index (χ2n) is 5.13. The molecule has 0 spiro atoms. The Morgan fingerprint density at radius 2 is 2.00 bits per heavy atom. The first-order chi connectivity index (χ1) is 9.78. The Hall–Kier alpha value is -1.51. The summed E-state index contributed by atoms with van der Waals surface area (Å²) in [5.41, 5.74) is 3.87. The Morgan fingerprint density at radius 3 is 2.85 bits per heavy atom. The van der Waals surface area contributed by atoms with E-state index in [-0.39, 0.29) is 0 Å². The quantitative estimate of drug-likeness (QED) is 0.903. The average Bonchev–Trinajstić information content (AvgIpc) is 2.90. The van der Waals surface area contributed by atoms with Gasteiger partial charge in [-0.1, -0.05) is 23.7 Å². The number of halogens is 1. The van der Waals surface area contributed by atoms with Crippen molar-refractivity contribution in [2.75, 3.05) is 7.05 Å². The summed E-state index contributed by atoms with van der Waals surface area (Å²) in [6.45, 7) is 0.694. The van der Waals surface area contributed by atoms with Gasteiger partial charge in [0.2, 0.25) is 0 Å². The lowest BCUT2D eigenvalue weighted by molar-refractivity contribution is 0.474. The number of benzene rings is 2. The van der Waals surface area contributed by atoms with Gasteiger partial charge in [0.05, 0.1) is 0 Å². The van der Waals surface area contributed by atoms with Gasteiger partial charge in [0.25, 0.3) is 0 Å². The summed E-state index contributed by atoms with van der Waals surface area (Å²) in [6, 6.07) is 12.2. The monoisotopic (exact) mass is 287 g/mol. The number of rotatable bonds is 4. The summed E-state index contributed by atoms with van der Waals surface area (Å²) in [7, 11) is 1.91. The Bertz CT molecular complexity index is 624. The Morgan fingerprint density at radius 1 is 1.15 bits per heavy atom. The summed E-state index contributed by atoms with van der Waals surface area (Å²) in [5.74, 6) is 1.72. The zero-order valence-corrected chi connectivity index (χ0v) is 12.3. The molecule has 20 heavy (non-hydrogen) atoms. The molecule has 0 fully saturated rings. The van der Waals surface area contributed by atoms with Crippen LogP contribution in [0.4, 0.5) is 0 Å². The van der Waals surface area contributed by atoms with Crippen LogP contribution in [0.5, 0.6) is 11.5 Å². The molecule has 104 valence electrons. The molecule has 0 radical (unpaired) electrons. The largest absolute Gasteiger partial charge is 0.457 e. The Balaban J connectivity index is 1.89. The molecule has 0 unspecified atom stereocenters. The highest BCUT2D eigenvalue weighted by atomic mass is 35.5. The molecule has 0 atom stereocenters. The van der Waals surface area contributed by atoms with Gasteiger partial charge >= 0.3 is 0 Å². The molecule has 2 aromatic carbocycles. The first kappa shape index (κ1) is 13.5. The SMILES string of the molecule is CNCc1c(Cl)cccc1Oc1ccc2c(c1)CCC2. The molecule has 0 aromatic heterocycles. The zero-order chi connectivity index (χ0) is 13.9.